The molecule has 0 heterocycles. The van der Waals surface area contributed by atoms with Gasteiger partial charge in [0.1, 0.15) is 0 Å². The fraction of sp³-hybridized carbons (Fsp3) is 0.600. The Hall–Kier alpha value is -0.430. The van der Waals surface area contributed by atoms with Gasteiger partial charge in [-0.05, 0) is 56.4 Å². The standard InChI is InChI=1S/C15H24S/c1-11-8-12(2)10-13(9-11)16-15(6,7)14(3,4)5/h8-10H,1-7H3. The van der Waals surface area contributed by atoms with Crippen LogP contribution >= 0.6 is 11.8 Å². The van der Waals surface area contributed by atoms with Crippen LogP contribution in [0.3, 0.4) is 0 Å². The highest BCUT2D eigenvalue weighted by molar-refractivity contribution is 8.00. The molecule has 0 radical (unpaired) electrons. The predicted molar refractivity (Wildman–Crippen MR) is 75.3 cm³/mol. The van der Waals surface area contributed by atoms with Crippen LogP contribution < -0.4 is 0 Å². The molecular formula is C15H24S. The summed E-state index contributed by atoms with van der Waals surface area (Å²) in [6, 6.07) is 6.80. The molecule has 0 unspecified atom stereocenters. The van der Waals surface area contributed by atoms with Crippen molar-refractivity contribution in [1.82, 2.24) is 0 Å². The monoisotopic (exact) mass is 236 g/mol. The van der Waals surface area contributed by atoms with E-state index in [4.69, 9.17) is 0 Å². The first-order valence-electron chi connectivity index (χ1n) is 5.89. The molecule has 0 fully saturated rings. The van der Waals surface area contributed by atoms with E-state index in [-0.39, 0.29) is 4.75 Å². The fourth-order valence-corrected chi connectivity index (χ4v) is 2.82. The molecule has 0 saturated carbocycles. The number of benzene rings is 1. The van der Waals surface area contributed by atoms with Gasteiger partial charge < -0.3 is 0 Å². The van der Waals surface area contributed by atoms with Gasteiger partial charge in [-0.3, -0.25) is 0 Å². The van der Waals surface area contributed by atoms with E-state index in [1.54, 1.807) is 0 Å². The van der Waals surface area contributed by atoms with Crippen molar-refractivity contribution in [3.05, 3.63) is 29.3 Å². The quantitative estimate of drug-likeness (QED) is 0.634. The molecule has 0 N–H and O–H groups in total. The zero-order valence-electron chi connectivity index (χ0n) is 11.6. The molecule has 0 bridgehead atoms. The minimum atomic E-state index is 0.243. The molecule has 1 rings (SSSR count). The average molecular weight is 236 g/mol. The molecule has 1 aromatic carbocycles. The normalized spacial score (nSPS) is 12.9. The minimum Gasteiger partial charge on any atom is -0.119 e. The number of aryl methyl sites for hydroxylation is 2. The molecule has 0 aliphatic heterocycles. The van der Waals surface area contributed by atoms with Crippen LogP contribution in [-0.2, 0) is 0 Å². The molecule has 1 heteroatoms. The van der Waals surface area contributed by atoms with E-state index in [2.05, 4.69) is 66.7 Å². The van der Waals surface area contributed by atoms with E-state index in [1.165, 1.54) is 16.0 Å². The molecule has 0 aliphatic carbocycles. The van der Waals surface area contributed by atoms with E-state index in [1.807, 2.05) is 11.8 Å². The fourth-order valence-electron chi connectivity index (χ4n) is 1.44. The van der Waals surface area contributed by atoms with Gasteiger partial charge in [-0.25, -0.2) is 0 Å². The van der Waals surface area contributed by atoms with Gasteiger partial charge in [-0.2, -0.15) is 0 Å². The second-order valence-electron chi connectivity index (χ2n) is 6.19. The van der Waals surface area contributed by atoms with Crippen LogP contribution in [0.1, 0.15) is 45.7 Å². The molecule has 0 aromatic heterocycles. The van der Waals surface area contributed by atoms with Gasteiger partial charge in [0.2, 0.25) is 0 Å². The van der Waals surface area contributed by atoms with Gasteiger partial charge >= 0.3 is 0 Å². The van der Waals surface area contributed by atoms with Crippen molar-refractivity contribution in [2.45, 2.75) is 58.1 Å². The Labute approximate surface area is 105 Å². The second-order valence-corrected chi connectivity index (χ2v) is 7.88. The molecule has 16 heavy (non-hydrogen) atoms. The summed E-state index contributed by atoms with van der Waals surface area (Å²) < 4.78 is 0.243. The summed E-state index contributed by atoms with van der Waals surface area (Å²) >= 11 is 1.98. The lowest BCUT2D eigenvalue weighted by Gasteiger charge is -2.38. The maximum absolute atomic E-state index is 2.33. The van der Waals surface area contributed by atoms with E-state index < -0.39 is 0 Å². The van der Waals surface area contributed by atoms with Crippen molar-refractivity contribution in [3.8, 4) is 0 Å². The predicted octanol–water partition coefficient (Wildman–Crippen LogP) is 5.22. The number of hydrogen-bond donors (Lipinski definition) is 0. The Morgan fingerprint density at radius 1 is 0.812 bits per heavy atom. The summed E-state index contributed by atoms with van der Waals surface area (Å²) in [5, 5.41) is 0. The Morgan fingerprint density at radius 3 is 1.62 bits per heavy atom. The molecule has 0 amide bonds. The van der Waals surface area contributed by atoms with Crippen molar-refractivity contribution in [2.75, 3.05) is 0 Å². The van der Waals surface area contributed by atoms with Crippen molar-refractivity contribution in [3.63, 3.8) is 0 Å². The third-order valence-corrected chi connectivity index (χ3v) is 4.97. The Balaban J connectivity index is 2.96. The average Bonchev–Trinajstić information content (AvgIpc) is 1.97. The van der Waals surface area contributed by atoms with Crippen molar-refractivity contribution in [1.29, 1.82) is 0 Å². The first kappa shape index (κ1) is 13.6. The van der Waals surface area contributed by atoms with Gasteiger partial charge in [0.15, 0.2) is 0 Å². The van der Waals surface area contributed by atoms with Gasteiger partial charge in [0.25, 0.3) is 0 Å². The van der Waals surface area contributed by atoms with Crippen LogP contribution in [-0.4, -0.2) is 4.75 Å². The van der Waals surface area contributed by atoms with Crippen molar-refractivity contribution in [2.24, 2.45) is 5.41 Å². The van der Waals surface area contributed by atoms with E-state index in [0.717, 1.165) is 0 Å². The van der Waals surface area contributed by atoms with Crippen molar-refractivity contribution < 1.29 is 0 Å². The maximum atomic E-state index is 2.33. The molecule has 0 nitrogen and oxygen atoms in total. The highest BCUT2D eigenvalue weighted by atomic mass is 32.2. The highest BCUT2D eigenvalue weighted by Crippen LogP contribution is 2.45. The van der Waals surface area contributed by atoms with Crippen LogP contribution in [0.25, 0.3) is 0 Å². The summed E-state index contributed by atoms with van der Waals surface area (Å²) in [6.07, 6.45) is 0. The Morgan fingerprint density at radius 2 is 1.25 bits per heavy atom. The van der Waals surface area contributed by atoms with Crippen molar-refractivity contribution >= 4 is 11.8 Å². The zero-order chi connectivity index (χ0) is 12.6. The van der Waals surface area contributed by atoms with Gasteiger partial charge in [0.05, 0.1) is 0 Å². The smallest absolute Gasteiger partial charge is 0.0199 e. The molecule has 0 aliphatic rings. The SMILES string of the molecule is Cc1cc(C)cc(SC(C)(C)C(C)(C)C)c1. The summed E-state index contributed by atoms with van der Waals surface area (Å²) in [7, 11) is 0. The third kappa shape index (κ3) is 3.28. The van der Waals surface area contributed by atoms with Gasteiger partial charge in [-0.15, -0.1) is 11.8 Å². The molecular weight excluding hydrogens is 212 g/mol. The molecule has 0 saturated heterocycles. The molecule has 0 spiro atoms. The highest BCUT2D eigenvalue weighted by Gasteiger charge is 2.33. The van der Waals surface area contributed by atoms with Crippen LogP contribution in [0.4, 0.5) is 0 Å². The first-order chi connectivity index (χ1) is 7.12. The lowest BCUT2D eigenvalue weighted by Crippen LogP contribution is -2.32. The van der Waals surface area contributed by atoms with Crippen LogP contribution in [0, 0.1) is 19.3 Å². The molecule has 1 aromatic rings. The van der Waals surface area contributed by atoms with E-state index in [9.17, 15) is 0 Å². The second kappa shape index (κ2) is 4.44. The zero-order valence-corrected chi connectivity index (χ0v) is 12.5. The largest absolute Gasteiger partial charge is 0.119 e. The maximum Gasteiger partial charge on any atom is 0.0199 e. The van der Waals surface area contributed by atoms with Gasteiger partial charge in [0, 0.05) is 9.64 Å². The van der Waals surface area contributed by atoms with Crippen LogP contribution in [0.2, 0.25) is 0 Å². The Kier molecular flexibility index (Phi) is 3.79. The minimum absolute atomic E-state index is 0.243. The van der Waals surface area contributed by atoms with E-state index in [0.29, 0.717) is 5.41 Å². The van der Waals surface area contributed by atoms with Crippen LogP contribution in [0.15, 0.2) is 23.1 Å². The molecule has 0 atom stereocenters. The lowest BCUT2D eigenvalue weighted by atomic mass is 9.83. The topological polar surface area (TPSA) is 0 Å². The summed E-state index contributed by atoms with van der Waals surface area (Å²) in [6.45, 7) is 15.9. The summed E-state index contributed by atoms with van der Waals surface area (Å²) in [4.78, 5) is 1.39. The lowest BCUT2D eigenvalue weighted by molar-refractivity contribution is 0.320. The molecule has 90 valence electrons. The summed E-state index contributed by atoms with van der Waals surface area (Å²) in [5.41, 5.74) is 3.01. The number of hydrogen-bond acceptors (Lipinski definition) is 1. The van der Waals surface area contributed by atoms with Crippen LogP contribution in [0.5, 0.6) is 0 Å². The third-order valence-electron chi connectivity index (χ3n) is 3.37. The summed E-state index contributed by atoms with van der Waals surface area (Å²) in [5.74, 6) is 0. The number of thioether (sulfide) groups is 1. The number of rotatable bonds is 2. The van der Waals surface area contributed by atoms with Gasteiger partial charge in [-0.1, -0.05) is 26.8 Å². The Bertz CT molecular complexity index is 349. The van der Waals surface area contributed by atoms with E-state index >= 15 is 0 Å². The first-order valence-corrected chi connectivity index (χ1v) is 6.71.